The molecule has 1 heterocycles. The summed E-state index contributed by atoms with van der Waals surface area (Å²) in [6.45, 7) is 1.91. The molecular formula is C16H20F3N3O3S. The molecule has 0 radical (unpaired) electrons. The van der Waals surface area contributed by atoms with Crippen LogP contribution in [0.2, 0.25) is 0 Å². The Morgan fingerprint density at radius 2 is 1.96 bits per heavy atom. The van der Waals surface area contributed by atoms with Crippen LogP contribution in [0.4, 0.5) is 13.2 Å². The predicted molar refractivity (Wildman–Crippen MR) is 89.3 cm³/mol. The van der Waals surface area contributed by atoms with Crippen LogP contribution >= 0.6 is 0 Å². The standard InChI is InChI=1S/C16H20F3N3O3S/c1-5-21(4)26(23,24)15-10(2)20-22(11(15)3)9-12-8-13(17)6-7-14(12)25-16(18)19/h6-8,16H,5,9H2,1-4H3. The van der Waals surface area contributed by atoms with Gasteiger partial charge < -0.3 is 4.74 Å². The van der Waals surface area contributed by atoms with Crippen LogP contribution in [0.3, 0.4) is 0 Å². The van der Waals surface area contributed by atoms with E-state index < -0.39 is 22.5 Å². The van der Waals surface area contributed by atoms with Crippen LogP contribution in [-0.2, 0) is 16.6 Å². The number of rotatable bonds is 7. The van der Waals surface area contributed by atoms with E-state index in [1.807, 2.05) is 0 Å². The Labute approximate surface area is 150 Å². The monoisotopic (exact) mass is 391 g/mol. The van der Waals surface area contributed by atoms with Crippen molar-refractivity contribution in [3.63, 3.8) is 0 Å². The van der Waals surface area contributed by atoms with Crippen LogP contribution in [0.15, 0.2) is 23.1 Å². The van der Waals surface area contributed by atoms with Crippen LogP contribution in [0, 0.1) is 19.7 Å². The van der Waals surface area contributed by atoms with Gasteiger partial charge in [-0.1, -0.05) is 6.92 Å². The van der Waals surface area contributed by atoms with Crippen molar-refractivity contribution in [2.24, 2.45) is 0 Å². The molecule has 6 nitrogen and oxygen atoms in total. The largest absolute Gasteiger partial charge is 0.434 e. The Bertz CT molecular complexity index is 898. The van der Waals surface area contributed by atoms with Crippen LogP contribution in [0.5, 0.6) is 5.75 Å². The molecule has 0 aliphatic rings. The minimum absolute atomic E-state index is 0.0505. The molecule has 0 unspecified atom stereocenters. The zero-order chi connectivity index (χ0) is 19.6. The first-order valence-electron chi connectivity index (χ1n) is 7.81. The van der Waals surface area contributed by atoms with Gasteiger partial charge in [0.15, 0.2) is 0 Å². The summed E-state index contributed by atoms with van der Waals surface area (Å²) in [7, 11) is -2.28. The lowest BCUT2D eigenvalue weighted by Crippen LogP contribution is -2.27. The molecule has 0 fully saturated rings. The number of aryl methyl sites for hydroxylation is 1. The molecule has 1 aromatic carbocycles. The van der Waals surface area contributed by atoms with Gasteiger partial charge in [0.25, 0.3) is 0 Å². The second-order valence-electron chi connectivity index (χ2n) is 5.71. The van der Waals surface area contributed by atoms with Crippen molar-refractivity contribution >= 4 is 10.0 Å². The fourth-order valence-corrected chi connectivity index (χ4v) is 4.12. The Morgan fingerprint density at radius 3 is 2.54 bits per heavy atom. The highest BCUT2D eigenvalue weighted by Gasteiger charge is 2.28. The number of nitrogens with zero attached hydrogens (tertiary/aromatic N) is 3. The summed E-state index contributed by atoms with van der Waals surface area (Å²) >= 11 is 0. The fraction of sp³-hybridized carbons (Fsp3) is 0.438. The second kappa shape index (κ2) is 7.67. The first-order valence-corrected chi connectivity index (χ1v) is 9.25. The summed E-state index contributed by atoms with van der Waals surface area (Å²) in [6.07, 6.45) is 0. The van der Waals surface area contributed by atoms with Crippen LogP contribution in [0.25, 0.3) is 0 Å². The van der Waals surface area contributed by atoms with Crippen molar-refractivity contribution in [1.82, 2.24) is 14.1 Å². The number of halogens is 3. The highest BCUT2D eigenvalue weighted by Crippen LogP contribution is 2.26. The quantitative estimate of drug-likeness (QED) is 0.728. The van der Waals surface area contributed by atoms with Gasteiger partial charge in [0.2, 0.25) is 10.0 Å². The Hall–Kier alpha value is -2.07. The molecule has 10 heteroatoms. The molecule has 26 heavy (non-hydrogen) atoms. The third-order valence-electron chi connectivity index (χ3n) is 3.99. The van der Waals surface area contributed by atoms with Gasteiger partial charge in [0.1, 0.15) is 16.5 Å². The van der Waals surface area contributed by atoms with Gasteiger partial charge in [-0.05, 0) is 32.0 Å². The number of hydrogen-bond acceptors (Lipinski definition) is 4. The zero-order valence-corrected chi connectivity index (χ0v) is 15.6. The molecule has 2 aromatic rings. The molecule has 0 aliphatic carbocycles. The van der Waals surface area contributed by atoms with Gasteiger partial charge in [-0.25, -0.2) is 17.1 Å². The second-order valence-corrected chi connectivity index (χ2v) is 7.69. The van der Waals surface area contributed by atoms with Gasteiger partial charge in [0.05, 0.1) is 17.9 Å². The van der Waals surface area contributed by atoms with Gasteiger partial charge in [-0.3, -0.25) is 4.68 Å². The van der Waals surface area contributed by atoms with E-state index in [0.29, 0.717) is 5.69 Å². The number of alkyl halides is 2. The maximum Gasteiger partial charge on any atom is 0.387 e. The first kappa shape index (κ1) is 20.2. The number of hydrogen-bond donors (Lipinski definition) is 0. The molecule has 0 N–H and O–H groups in total. The molecule has 0 amide bonds. The SMILES string of the molecule is CCN(C)S(=O)(=O)c1c(C)nn(Cc2cc(F)ccc2OC(F)F)c1C. The summed E-state index contributed by atoms with van der Waals surface area (Å²) in [6, 6.07) is 3.17. The molecule has 0 bridgehead atoms. The van der Waals surface area contributed by atoms with E-state index in [-0.39, 0.29) is 35.0 Å². The van der Waals surface area contributed by atoms with E-state index >= 15 is 0 Å². The number of aromatic nitrogens is 2. The number of ether oxygens (including phenoxy) is 1. The molecule has 2 rings (SSSR count). The molecule has 0 saturated carbocycles. The van der Waals surface area contributed by atoms with Gasteiger partial charge in [-0.15, -0.1) is 0 Å². The molecule has 144 valence electrons. The van der Waals surface area contributed by atoms with Crippen LogP contribution in [0.1, 0.15) is 23.9 Å². The van der Waals surface area contributed by atoms with Gasteiger partial charge in [-0.2, -0.15) is 13.9 Å². The molecule has 0 spiro atoms. The zero-order valence-electron chi connectivity index (χ0n) is 14.8. The Morgan fingerprint density at radius 1 is 1.31 bits per heavy atom. The van der Waals surface area contributed by atoms with Crippen molar-refractivity contribution < 1.29 is 26.3 Å². The molecule has 1 aromatic heterocycles. The predicted octanol–water partition coefficient (Wildman–Crippen LogP) is 2.93. The van der Waals surface area contributed by atoms with E-state index in [9.17, 15) is 21.6 Å². The van der Waals surface area contributed by atoms with E-state index in [4.69, 9.17) is 0 Å². The molecular weight excluding hydrogens is 371 g/mol. The molecule has 0 saturated heterocycles. The van der Waals surface area contributed by atoms with Crippen molar-refractivity contribution in [3.8, 4) is 5.75 Å². The molecule has 0 atom stereocenters. The van der Waals surface area contributed by atoms with E-state index in [0.717, 1.165) is 18.2 Å². The lowest BCUT2D eigenvalue weighted by Gasteiger charge is -2.15. The lowest BCUT2D eigenvalue weighted by molar-refractivity contribution is -0.0505. The maximum absolute atomic E-state index is 13.5. The fourth-order valence-electron chi connectivity index (χ4n) is 2.58. The van der Waals surface area contributed by atoms with Crippen molar-refractivity contribution in [3.05, 3.63) is 41.0 Å². The maximum atomic E-state index is 13.5. The van der Waals surface area contributed by atoms with E-state index in [1.165, 1.54) is 16.0 Å². The summed E-state index contributed by atoms with van der Waals surface area (Å²) in [5.74, 6) is -0.814. The Kier molecular flexibility index (Phi) is 5.97. The van der Waals surface area contributed by atoms with E-state index in [2.05, 4.69) is 9.84 Å². The number of sulfonamides is 1. The summed E-state index contributed by atoms with van der Waals surface area (Å²) in [4.78, 5) is 0.0505. The highest BCUT2D eigenvalue weighted by atomic mass is 32.2. The minimum Gasteiger partial charge on any atom is -0.434 e. The van der Waals surface area contributed by atoms with Crippen LogP contribution < -0.4 is 4.74 Å². The average molecular weight is 391 g/mol. The third kappa shape index (κ3) is 4.01. The number of benzene rings is 1. The third-order valence-corrected chi connectivity index (χ3v) is 6.17. The van der Waals surface area contributed by atoms with E-state index in [1.54, 1.807) is 20.8 Å². The van der Waals surface area contributed by atoms with Gasteiger partial charge in [0, 0.05) is 19.2 Å². The first-order chi connectivity index (χ1) is 12.1. The topological polar surface area (TPSA) is 64.4 Å². The summed E-state index contributed by atoms with van der Waals surface area (Å²) in [5, 5.41) is 4.18. The average Bonchev–Trinajstić information content (AvgIpc) is 2.83. The summed E-state index contributed by atoms with van der Waals surface area (Å²) < 4.78 is 70.8. The molecule has 0 aliphatic heterocycles. The highest BCUT2D eigenvalue weighted by molar-refractivity contribution is 7.89. The van der Waals surface area contributed by atoms with Crippen molar-refractivity contribution in [1.29, 1.82) is 0 Å². The summed E-state index contributed by atoms with van der Waals surface area (Å²) in [5.41, 5.74) is 0.731. The minimum atomic E-state index is -3.73. The van der Waals surface area contributed by atoms with Crippen molar-refractivity contribution in [2.75, 3.05) is 13.6 Å². The lowest BCUT2D eigenvalue weighted by atomic mass is 10.2. The normalized spacial score (nSPS) is 12.2. The smallest absolute Gasteiger partial charge is 0.387 e. The Balaban J connectivity index is 2.48. The van der Waals surface area contributed by atoms with Gasteiger partial charge >= 0.3 is 6.61 Å². The van der Waals surface area contributed by atoms with Crippen molar-refractivity contribution in [2.45, 2.75) is 38.8 Å². The van der Waals surface area contributed by atoms with Crippen LogP contribution in [-0.4, -0.2) is 42.7 Å².